The molecule has 62 valence electrons. The number of unbranched alkanes of at least 4 members (excludes halogenated alkanes) is 1. The van der Waals surface area contributed by atoms with Gasteiger partial charge in [0.2, 0.25) is 0 Å². The van der Waals surface area contributed by atoms with E-state index in [9.17, 15) is 0 Å². The molecule has 3 heteroatoms. The Balaban J connectivity index is 2.65. The van der Waals surface area contributed by atoms with Gasteiger partial charge >= 0.3 is 0 Å². The summed E-state index contributed by atoms with van der Waals surface area (Å²) in [6.45, 7) is 2.46. The minimum atomic E-state index is 0.740. The first-order chi connectivity index (χ1) is 4.91. The van der Waals surface area contributed by atoms with E-state index in [1.54, 1.807) is 0 Å². The Morgan fingerprint density at radius 2 is 1.80 bits per heavy atom. The third-order valence-corrected chi connectivity index (χ3v) is 1.64. The van der Waals surface area contributed by atoms with Gasteiger partial charge < -0.3 is 10.5 Å². The minimum absolute atomic E-state index is 0.740. The summed E-state index contributed by atoms with van der Waals surface area (Å²) in [5, 5.41) is 0. The van der Waals surface area contributed by atoms with Crippen LogP contribution in [0.15, 0.2) is 0 Å². The van der Waals surface area contributed by atoms with Gasteiger partial charge in [-0.05, 0) is 32.0 Å². The minimum Gasteiger partial charge on any atom is -0.381 e. The SMILES string of the molecule is NCCCOCCCCP. The monoisotopic (exact) mass is 163 g/mol. The highest BCUT2D eigenvalue weighted by molar-refractivity contribution is 7.16. The van der Waals surface area contributed by atoms with Gasteiger partial charge in [-0.15, -0.1) is 9.24 Å². The Morgan fingerprint density at radius 3 is 2.40 bits per heavy atom. The molecule has 1 unspecified atom stereocenters. The van der Waals surface area contributed by atoms with Crippen molar-refractivity contribution in [1.82, 2.24) is 0 Å². The van der Waals surface area contributed by atoms with Crippen molar-refractivity contribution >= 4 is 9.24 Å². The predicted octanol–water partition coefficient (Wildman–Crippen LogP) is 1.01. The average molecular weight is 163 g/mol. The average Bonchev–Trinajstić information content (AvgIpc) is 1.97. The molecule has 0 rings (SSSR count). The van der Waals surface area contributed by atoms with Crippen LogP contribution in [0.4, 0.5) is 0 Å². The van der Waals surface area contributed by atoms with Gasteiger partial charge in [0.05, 0.1) is 0 Å². The van der Waals surface area contributed by atoms with Crippen LogP contribution in [-0.4, -0.2) is 25.9 Å². The molecule has 0 bridgehead atoms. The molecular weight excluding hydrogens is 145 g/mol. The molecule has 0 aliphatic heterocycles. The quantitative estimate of drug-likeness (QED) is 0.449. The van der Waals surface area contributed by atoms with E-state index < -0.39 is 0 Å². The fraction of sp³-hybridized carbons (Fsp3) is 1.00. The second-order valence-electron chi connectivity index (χ2n) is 2.25. The molecule has 2 nitrogen and oxygen atoms in total. The van der Waals surface area contributed by atoms with Crippen LogP contribution in [-0.2, 0) is 4.74 Å². The molecular formula is C7H18NOP. The highest BCUT2D eigenvalue weighted by Gasteiger charge is 1.86. The van der Waals surface area contributed by atoms with Gasteiger partial charge in [-0.25, -0.2) is 0 Å². The number of ether oxygens (including phenoxy) is 1. The van der Waals surface area contributed by atoms with Crippen molar-refractivity contribution in [2.24, 2.45) is 5.73 Å². The molecule has 2 N–H and O–H groups in total. The van der Waals surface area contributed by atoms with E-state index in [4.69, 9.17) is 10.5 Å². The number of rotatable bonds is 7. The maximum Gasteiger partial charge on any atom is 0.0478 e. The zero-order valence-corrected chi connectivity index (χ0v) is 7.67. The molecule has 0 spiro atoms. The summed E-state index contributed by atoms with van der Waals surface area (Å²) in [5.74, 6) is 0. The van der Waals surface area contributed by atoms with Gasteiger partial charge in [0.15, 0.2) is 0 Å². The van der Waals surface area contributed by atoms with Crippen molar-refractivity contribution in [3.63, 3.8) is 0 Å². The fourth-order valence-electron chi connectivity index (χ4n) is 0.636. The van der Waals surface area contributed by atoms with E-state index in [0.29, 0.717) is 0 Å². The summed E-state index contributed by atoms with van der Waals surface area (Å²) in [4.78, 5) is 0. The molecule has 0 amide bonds. The lowest BCUT2D eigenvalue weighted by molar-refractivity contribution is 0.130. The van der Waals surface area contributed by atoms with Gasteiger partial charge in [0, 0.05) is 13.2 Å². The van der Waals surface area contributed by atoms with Crippen molar-refractivity contribution in [2.75, 3.05) is 25.9 Å². The van der Waals surface area contributed by atoms with Gasteiger partial charge in [-0.2, -0.15) is 0 Å². The van der Waals surface area contributed by atoms with Crippen molar-refractivity contribution in [1.29, 1.82) is 0 Å². The maximum atomic E-state index is 5.29. The van der Waals surface area contributed by atoms with Gasteiger partial charge in [0.25, 0.3) is 0 Å². The third-order valence-electron chi connectivity index (χ3n) is 1.24. The normalized spacial score (nSPS) is 10.2. The van der Waals surface area contributed by atoms with Crippen molar-refractivity contribution < 1.29 is 4.74 Å². The third kappa shape index (κ3) is 8.35. The fourth-order valence-corrected chi connectivity index (χ4v) is 0.925. The Bertz CT molecular complexity index is 53.6. The van der Waals surface area contributed by atoms with Crippen LogP contribution in [0.3, 0.4) is 0 Å². The van der Waals surface area contributed by atoms with Crippen LogP contribution in [0.5, 0.6) is 0 Å². The molecule has 0 fully saturated rings. The molecule has 0 aromatic carbocycles. The van der Waals surface area contributed by atoms with Crippen LogP contribution < -0.4 is 5.73 Å². The van der Waals surface area contributed by atoms with Crippen LogP contribution in [0.2, 0.25) is 0 Å². The lowest BCUT2D eigenvalue weighted by Gasteiger charge is -2.00. The summed E-state index contributed by atoms with van der Waals surface area (Å²) in [6, 6.07) is 0. The molecule has 0 aromatic rings. The first-order valence-electron chi connectivity index (χ1n) is 3.89. The van der Waals surface area contributed by atoms with E-state index in [1.807, 2.05) is 0 Å². The Morgan fingerprint density at radius 1 is 1.10 bits per heavy atom. The van der Waals surface area contributed by atoms with Gasteiger partial charge in [-0.3, -0.25) is 0 Å². The number of hydrogen-bond donors (Lipinski definition) is 1. The van der Waals surface area contributed by atoms with Crippen LogP contribution in [0.1, 0.15) is 19.3 Å². The Labute approximate surface area is 65.7 Å². The summed E-state index contributed by atoms with van der Waals surface area (Å²) < 4.78 is 5.29. The molecule has 0 aromatic heterocycles. The smallest absolute Gasteiger partial charge is 0.0478 e. The van der Waals surface area contributed by atoms with E-state index >= 15 is 0 Å². The van der Waals surface area contributed by atoms with Crippen molar-refractivity contribution in [3.05, 3.63) is 0 Å². The summed E-state index contributed by atoms with van der Waals surface area (Å²) >= 11 is 0. The van der Waals surface area contributed by atoms with Crippen molar-refractivity contribution in [3.8, 4) is 0 Å². The zero-order chi connectivity index (χ0) is 7.66. The predicted molar refractivity (Wildman–Crippen MR) is 48.3 cm³/mol. The largest absolute Gasteiger partial charge is 0.381 e. The number of hydrogen-bond acceptors (Lipinski definition) is 2. The van der Waals surface area contributed by atoms with Gasteiger partial charge in [0.1, 0.15) is 0 Å². The highest BCUT2D eigenvalue weighted by Crippen LogP contribution is 1.94. The van der Waals surface area contributed by atoms with Crippen molar-refractivity contribution in [2.45, 2.75) is 19.3 Å². The molecule has 0 radical (unpaired) electrons. The van der Waals surface area contributed by atoms with Crippen LogP contribution >= 0.6 is 9.24 Å². The second-order valence-corrected chi connectivity index (χ2v) is 2.83. The zero-order valence-electron chi connectivity index (χ0n) is 6.51. The molecule has 0 heterocycles. The molecule has 0 aliphatic carbocycles. The summed E-state index contributed by atoms with van der Waals surface area (Å²) in [7, 11) is 2.71. The van der Waals surface area contributed by atoms with E-state index in [0.717, 1.165) is 26.2 Å². The van der Waals surface area contributed by atoms with Crippen LogP contribution in [0.25, 0.3) is 0 Å². The van der Waals surface area contributed by atoms with Crippen LogP contribution in [0, 0.1) is 0 Å². The van der Waals surface area contributed by atoms with E-state index in [-0.39, 0.29) is 0 Å². The highest BCUT2D eigenvalue weighted by atomic mass is 31.0. The topological polar surface area (TPSA) is 35.2 Å². The Kier molecular flexibility index (Phi) is 9.68. The molecule has 0 saturated carbocycles. The molecule has 1 atom stereocenters. The van der Waals surface area contributed by atoms with E-state index in [2.05, 4.69) is 9.24 Å². The molecule has 10 heavy (non-hydrogen) atoms. The first kappa shape index (κ1) is 10.3. The second kappa shape index (κ2) is 9.35. The molecule has 0 aliphatic rings. The Hall–Kier alpha value is 0.350. The lowest BCUT2D eigenvalue weighted by atomic mass is 10.3. The summed E-state index contributed by atoms with van der Waals surface area (Å²) in [6.07, 6.45) is 4.59. The number of nitrogens with two attached hydrogens (primary N) is 1. The lowest BCUT2D eigenvalue weighted by Crippen LogP contribution is -2.05. The first-order valence-corrected chi connectivity index (χ1v) is 4.71. The standard InChI is InChI=1S/C7H18NOP/c8-4-3-6-9-5-1-2-7-10/h1-8,10H2. The van der Waals surface area contributed by atoms with E-state index in [1.165, 1.54) is 19.0 Å². The maximum absolute atomic E-state index is 5.29. The molecule has 0 saturated heterocycles. The summed E-state index contributed by atoms with van der Waals surface area (Å²) in [5.41, 5.74) is 5.29. The van der Waals surface area contributed by atoms with Gasteiger partial charge in [-0.1, -0.05) is 0 Å².